The molecule has 0 saturated heterocycles. The van der Waals surface area contributed by atoms with Crippen LogP contribution in [0.25, 0.3) is 0 Å². The van der Waals surface area contributed by atoms with Crippen LogP contribution in [0.4, 0.5) is 13.2 Å². The molecule has 1 atom stereocenters. The van der Waals surface area contributed by atoms with Crippen molar-refractivity contribution in [3.63, 3.8) is 0 Å². The molecular weight excluding hydrogens is 225 g/mol. The van der Waals surface area contributed by atoms with Crippen LogP contribution >= 0.6 is 12.6 Å². The van der Waals surface area contributed by atoms with E-state index < -0.39 is 11.7 Å². The van der Waals surface area contributed by atoms with E-state index in [1.54, 1.807) is 0 Å². The van der Waals surface area contributed by atoms with E-state index in [0.717, 1.165) is 12.1 Å². The summed E-state index contributed by atoms with van der Waals surface area (Å²) in [5.41, 5.74) is 0.0670. The first-order valence-corrected chi connectivity index (χ1v) is 4.81. The van der Waals surface area contributed by atoms with E-state index in [9.17, 15) is 13.2 Å². The second-order valence-electron chi connectivity index (χ2n) is 3.09. The predicted octanol–water partition coefficient (Wildman–Crippen LogP) is 3.32. The average molecular weight is 236 g/mol. The highest BCUT2D eigenvalue weighted by Crippen LogP contribution is 2.30. The van der Waals surface area contributed by atoms with E-state index in [2.05, 4.69) is 12.6 Å². The molecule has 0 radical (unpaired) electrons. The van der Waals surface area contributed by atoms with Gasteiger partial charge in [0.2, 0.25) is 0 Å². The van der Waals surface area contributed by atoms with Gasteiger partial charge in [-0.3, -0.25) is 0 Å². The molecule has 0 spiro atoms. The van der Waals surface area contributed by atoms with Crippen LogP contribution in [0, 0.1) is 0 Å². The summed E-state index contributed by atoms with van der Waals surface area (Å²) in [4.78, 5) is 0. The number of methoxy groups -OCH3 is 1. The lowest BCUT2D eigenvalue weighted by Crippen LogP contribution is -2.05. The molecule has 0 bridgehead atoms. The first-order chi connectivity index (χ1) is 6.95. The van der Waals surface area contributed by atoms with E-state index in [1.165, 1.54) is 19.2 Å². The molecule has 84 valence electrons. The SMILES string of the molecule is COCC(S)c1ccc(C(F)(F)F)cc1. The zero-order chi connectivity index (χ0) is 11.5. The van der Waals surface area contributed by atoms with Gasteiger partial charge in [0.25, 0.3) is 0 Å². The van der Waals surface area contributed by atoms with E-state index in [0.29, 0.717) is 12.2 Å². The van der Waals surface area contributed by atoms with Gasteiger partial charge < -0.3 is 4.74 Å². The molecule has 0 heterocycles. The molecule has 0 fully saturated rings. The van der Waals surface area contributed by atoms with Crippen LogP contribution < -0.4 is 0 Å². The second kappa shape index (κ2) is 4.90. The molecule has 1 aromatic rings. The van der Waals surface area contributed by atoms with Crippen molar-refractivity contribution in [1.82, 2.24) is 0 Å². The number of hydrogen-bond donors (Lipinski definition) is 1. The molecule has 0 aromatic heterocycles. The van der Waals surface area contributed by atoms with Gasteiger partial charge in [-0.15, -0.1) is 0 Å². The zero-order valence-electron chi connectivity index (χ0n) is 8.08. The molecule has 0 aliphatic heterocycles. The minimum atomic E-state index is -4.29. The molecule has 1 aromatic carbocycles. The first-order valence-electron chi connectivity index (χ1n) is 4.29. The molecule has 5 heteroatoms. The third-order valence-electron chi connectivity index (χ3n) is 1.95. The number of benzene rings is 1. The van der Waals surface area contributed by atoms with Crippen molar-refractivity contribution in [3.8, 4) is 0 Å². The van der Waals surface area contributed by atoms with Crippen molar-refractivity contribution in [2.24, 2.45) is 0 Å². The van der Waals surface area contributed by atoms with Crippen LogP contribution in [-0.2, 0) is 10.9 Å². The van der Waals surface area contributed by atoms with E-state index in [4.69, 9.17) is 4.74 Å². The standard InChI is InChI=1S/C10H11F3OS/c1-14-6-9(15)7-2-4-8(5-3-7)10(11,12)13/h2-5,9,15H,6H2,1H3. The lowest BCUT2D eigenvalue weighted by Gasteiger charge is -2.11. The van der Waals surface area contributed by atoms with Crippen molar-refractivity contribution in [2.45, 2.75) is 11.4 Å². The van der Waals surface area contributed by atoms with Gasteiger partial charge in [0.1, 0.15) is 0 Å². The van der Waals surface area contributed by atoms with Crippen LogP contribution in [-0.4, -0.2) is 13.7 Å². The van der Waals surface area contributed by atoms with Gasteiger partial charge in [-0.25, -0.2) is 0 Å². The molecule has 0 amide bonds. The van der Waals surface area contributed by atoms with Gasteiger partial charge in [-0.2, -0.15) is 25.8 Å². The Bertz CT molecular complexity index is 307. The summed E-state index contributed by atoms with van der Waals surface area (Å²) in [6.45, 7) is 0.370. The molecule has 0 aliphatic carbocycles. The Labute approximate surface area is 91.7 Å². The third-order valence-corrected chi connectivity index (χ3v) is 2.39. The fourth-order valence-corrected chi connectivity index (χ4v) is 1.47. The average Bonchev–Trinajstić information content (AvgIpc) is 2.17. The Kier molecular flexibility index (Phi) is 4.04. The molecule has 0 aliphatic rings. The Balaban J connectivity index is 2.81. The predicted molar refractivity (Wildman–Crippen MR) is 55.0 cm³/mol. The topological polar surface area (TPSA) is 9.23 Å². The summed E-state index contributed by atoms with van der Waals surface area (Å²) in [5.74, 6) is 0. The molecule has 1 unspecified atom stereocenters. The lowest BCUT2D eigenvalue weighted by molar-refractivity contribution is -0.137. The maximum atomic E-state index is 12.2. The minimum Gasteiger partial charge on any atom is -0.383 e. The Morgan fingerprint density at radius 1 is 1.27 bits per heavy atom. The molecule has 15 heavy (non-hydrogen) atoms. The molecular formula is C10H11F3OS. The number of halogens is 3. The Morgan fingerprint density at radius 3 is 2.20 bits per heavy atom. The zero-order valence-corrected chi connectivity index (χ0v) is 8.98. The van der Waals surface area contributed by atoms with Gasteiger partial charge in [-0.05, 0) is 17.7 Å². The van der Waals surface area contributed by atoms with Gasteiger partial charge in [-0.1, -0.05) is 12.1 Å². The van der Waals surface area contributed by atoms with Gasteiger partial charge >= 0.3 is 6.18 Å². The van der Waals surface area contributed by atoms with Gasteiger partial charge in [0, 0.05) is 7.11 Å². The smallest absolute Gasteiger partial charge is 0.383 e. The van der Waals surface area contributed by atoms with Crippen LogP contribution in [0.2, 0.25) is 0 Å². The van der Waals surface area contributed by atoms with Crippen molar-refractivity contribution < 1.29 is 17.9 Å². The number of ether oxygens (including phenoxy) is 1. The van der Waals surface area contributed by atoms with Crippen molar-refractivity contribution in [2.75, 3.05) is 13.7 Å². The number of hydrogen-bond acceptors (Lipinski definition) is 2. The second-order valence-corrected chi connectivity index (χ2v) is 3.71. The summed E-state index contributed by atoms with van der Waals surface area (Å²) in [5, 5.41) is -0.197. The monoisotopic (exact) mass is 236 g/mol. The quantitative estimate of drug-likeness (QED) is 0.792. The summed E-state index contributed by atoms with van der Waals surface area (Å²) >= 11 is 4.20. The fraction of sp³-hybridized carbons (Fsp3) is 0.400. The van der Waals surface area contributed by atoms with Crippen molar-refractivity contribution >= 4 is 12.6 Å². The Hall–Kier alpha value is -0.680. The molecule has 0 N–H and O–H groups in total. The minimum absolute atomic E-state index is 0.197. The normalized spacial score (nSPS) is 13.9. The summed E-state index contributed by atoms with van der Waals surface area (Å²) in [6, 6.07) is 4.93. The molecule has 1 rings (SSSR count). The largest absolute Gasteiger partial charge is 0.416 e. The fourth-order valence-electron chi connectivity index (χ4n) is 1.15. The summed E-state index contributed by atoms with van der Waals surface area (Å²) in [7, 11) is 1.52. The molecule has 0 saturated carbocycles. The van der Waals surface area contributed by atoms with Crippen LogP contribution in [0.3, 0.4) is 0 Å². The highest BCUT2D eigenvalue weighted by molar-refractivity contribution is 7.80. The Morgan fingerprint density at radius 2 is 1.80 bits per heavy atom. The van der Waals surface area contributed by atoms with Crippen LogP contribution in [0.1, 0.15) is 16.4 Å². The van der Waals surface area contributed by atoms with Crippen LogP contribution in [0.15, 0.2) is 24.3 Å². The van der Waals surface area contributed by atoms with Crippen molar-refractivity contribution in [1.29, 1.82) is 0 Å². The summed E-state index contributed by atoms with van der Waals surface area (Å²) < 4.78 is 41.5. The van der Waals surface area contributed by atoms with Crippen LogP contribution in [0.5, 0.6) is 0 Å². The summed E-state index contributed by atoms with van der Waals surface area (Å²) in [6.07, 6.45) is -4.29. The van der Waals surface area contributed by atoms with Gasteiger partial charge in [0.05, 0.1) is 17.4 Å². The maximum absolute atomic E-state index is 12.2. The maximum Gasteiger partial charge on any atom is 0.416 e. The highest BCUT2D eigenvalue weighted by Gasteiger charge is 2.30. The highest BCUT2D eigenvalue weighted by atomic mass is 32.1. The van der Waals surface area contributed by atoms with E-state index in [1.807, 2.05) is 0 Å². The van der Waals surface area contributed by atoms with E-state index in [-0.39, 0.29) is 5.25 Å². The number of rotatable bonds is 3. The first kappa shape index (κ1) is 12.4. The van der Waals surface area contributed by atoms with Gasteiger partial charge in [0.15, 0.2) is 0 Å². The number of alkyl halides is 3. The number of thiol groups is 1. The molecule has 1 nitrogen and oxygen atoms in total. The lowest BCUT2D eigenvalue weighted by atomic mass is 10.1. The van der Waals surface area contributed by atoms with Crippen molar-refractivity contribution in [3.05, 3.63) is 35.4 Å². The third kappa shape index (κ3) is 3.43. The van der Waals surface area contributed by atoms with E-state index >= 15 is 0 Å².